The number of hydrogen-bond donors (Lipinski definition) is 2. The Hall–Kier alpha value is -1.53. The van der Waals surface area contributed by atoms with E-state index in [4.69, 9.17) is 4.74 Å². The van der Waals surface area contributed by atoms with Crippen LogP contribution in [0.1, 0.15) is 23.9 Å². The lowest BCUT2D eigenvalue weighted by molar-refractivity contribution is 0.411. The van der Waals surface area contributed by atoms with Gasteiger partial charge >= 0.3 is 0 Å². The third-order valence-electron chi connectivity index (χ3n) is 2.86. The van der Waals surface area contributed by atoms with Crippen molar-refractivity contribution in [3.8, 4) is 5.75 Å². The van der Waals surface area contributed by atoms with Gasteiger partial charge in [-0.15, -0.1) is 5.10 Å². The first kappa shape index (κ1) is 14.9. The lowest BCUT2D eigenvalue weighted by Gasteiger charge is -2.10. The average molecular weight is 292 g/mol. The summed E-state index contributed by atoms with van der Waals surface area (Å²) < 4.78 is 5.42. The van der Waals surface area contributed by atoms with Gasteiger partial charge in [-0.25, -0.2) is 4.98 Å². The normalized spacial score (nSPS) is 10.8. The average Bonchev–Trinajstić information content (AvgIpc) is 2.88. The summed E-state index contributed by atoms with van der Waals surface area (Å²) >= 11 is 1.60. The third-order valence-corrected chi connectivity index (χ3v) is 3.75. The molecule has 0 saturated heterocycles. The minimum Gasteiger partial charge on any atom is -0.496 e. The number of nitrogens with one attached hydrogen (secondary N) is 2. The SMILES string of the molecule is CCNCc1ccc(OC)c(CSc2n[nH]c(C)n2)c1. The van der Waals surface area contributed by atoms with Crippen LogP contribution in [0.15, 0.2) is 23.4 Å². The first-order valence-electron chi connectivity index (χ1n) is 6.61. The minimum atomic E-state index is 0.765. The Morgan fingerprint density at radius 1 is 1.40 bits per heavy atom. The van der Waals surface area contributed by atoms with Crippen molar-refractivity contribution in [3.63, 3.8) is 0 Å². The molecule has 0 bridgehead atoms. The van der Waals surface area contributed by atoms with Crippen LogP contribution >= 0.6 is 11.8 Å². The molecule has 5 nitrogen and oxygen atoms in total. The van der Waals surface area contributed by atoms with E-state index in [2.05, 4.69) is 39.6 Å². The maximum absolute atomic E-state index is 5.42. The molecule has 1 aromatic carbocycles. The third kappa shape index (κ3) is 3.98. The molecule has 0 amide bonds. The minimum absolute atomic E-state index is 0.765. The molecule has 2 aromatic rings. The van der Waals surface area contributed by atoms with E-state index in [0.717, 1.165) is 41.1 Å². The van der Waals surface area contributed by atoms with Crippen molar-refractivity contribution in [2.45, 2.75) is 31.3 Å². The van der Waals surface area contributed by atoms with Crippen LogP contribution in [-0.4, -0.2) is 28.8 Å². The van der Waals surface area contributed by atoms with Gasteiger partial charge in [0.2, 0.25) is 5.16 Å². The first-order chi connectivity index (χ1) is 9.72. The molecule has 0 aliphatic heterocycles. The van der Waals surface area contributed by atoms with Crippen LogP contribution in [0.25, 0.3) is 0 Å². The number of aromatic amines is 1. The number of thioether (sulfide) groups is 1. The van der Waals surface area contributed by atoms with Gasteiger partial charge in [-0.3, -0.25) is 5.10 Å². The van der Waals surface area contributed by atoms with Crippen LogP contribution in [0.3, 0.4) is 0 Å². The van der Waals surface area contributed by atoms with Crippen molar-refractivity contribution >= 4 is 11.8 Å². The molecule has 0 aliphatic carbocycles. The van der Waals surface area contributed by atoms with Gasteiger partial charge < -0.3 is 10.1 Å². The number of ether oxygens (including phenoxy) is 1. The van der Waals surface area contributed by atoms with Gasteiger partial charge in [0, 0.05) is 17.9 Å². The molecule has 1 heterocycles. The fourth-order valence-electron chi connectivity index (χ4n) is 1.85. The van der Waals surface area contributed by atoms with Crippen molar-refractivity contribution < 1.29 is 4.74 Å². The highest BCUT2D eigenvalue weighted by atomic mass is 32.2. The van der Waals surface area contributed by atoms with Crippen LogP contribution in [-0.2, 0) is 12.3 Å². The molecule has 0 saturated carbocycles. The first-order valence-corrected chi connectivity index (χ1v) is 7.59. The standard InChI is InChI=1S/C14H20N4OS/c1-4-15-8-11-5-6-13(19-3)12(7-11)9-20-14-16-10(2)17-18-14/h5-7,15H,4,8-9H2,1-3H3,(H,16,17,18). The zero-order valence-corrected chi connectivity index (χ0v) is 12.9. The molecule has 20 heavy (non-hydrogen) atoms. The van der Waals surface area contributed by atoms with E-state index in [1.54, 1.807) is 18.9 Å². The summed E-state index contributed by atoms with van der Waals surface area (Å²) in [5.74, 6) is 2.53. The lowest BCUT2D eigenvalue weighted by atomic mass is 10.1. The number of aromatic nitrogens is 3. The molecule has 108 valence electrons. The molecule has 0 radical (unpaired) electrons. The van der Waals surface area contributed by atoms with Gasteiger partial charge in [0.25, 0.3) is 0 Å². The van der Waals surface area contributed by atoms with E-state index in [1.165, 1.54) is 5.56 Å². The second-order valence-corrected chi connectivity index (χ2v) is 5.36. The predicted molar refractivity (Wildman–Crippen MR) is 81.1 cm³/mol. The molecule has 0 aliphatic rings. The van der Waals surface area contributed by atoms with E-state index in [-0.39, 0.29) is 0 Å². The van der Waals surface area contributed by atoms with Gasteiger partial charge in [0.15, 0.2) is 0 Å². The Kier molecular flexibility index (Phi) is 5.43. The second-order valence-electron chi connectivity index (χ2n) is 4.42. The van der Waals surface area contributed by atoms with Crippen LogP contribution in [0, 0.1) is 6.92 Å². The molecular formula is C14H20N4OS. The zero-order chi connectivity index (χ0) is 14.4. The zero-order valence-electron chi connectivity index (χ0n) is 12.1. The van der Waals surface area contributed by atoms with Gasteiger partial charge in [0.05, 0.1) is 7.11 Å². The molecule has 0 fully saturated rings. The maximum atomic E-state index is 5.42. The summed E-state index contributed by atoms with van der Waals surface area (Å²) in [5, 5.41) is 11.1. The Morgan fingerprint density at radius 2 is 2.25 bits per heavy atom. The summed E-state index contributed by atoms with van der Waals surface area (Å²) in [6.07, 6.45) is 0. The Bertz CT molecular complexity index is 556. The molecule has 0 unspecified atom stereocenters. The summed E-state index contributed by atoms with van der Waals surface area (Å²) in [6.45, 7) is 5.84. The van der Waals surface area contributed by atoms with E-state index >= 15 is 0 Å². The monoisotopic (exact) mass is 292 g/mol. The van der Waals surface area contributed by atoms with Crippen LogP contribution in [0.4, 0.5) is 0 Å². The Balaban J connectivity index is 2.07. The van der Waals surface area contributed by atoms with Crippen molar-refractivity contribution in [2.24, 2.45) is 0 Å². The molecular weight excluding hydrogens is 272 g/mol. The number of nitrogens with zero attached hydrogens (tertiary/aromatic N) is 2. The van der Waals surface area contributed by atoms with Crippen molar-refractivity contribution in [1.82, 2.24) is 20.5 Å². The fraction of sp³-hybridized carbons (Fsp3) is 0.429. The molecule has 6 heteroatoms. The summed E-state index contributed by atoms with van der Waals surface area (Å²) in [4.78, 5) is 4.30. The van der Waals surface area contributed by atoms with Gasteiger partial charge in [0.1, 0.15) is 11.6 Å². The molecule has 1 aromatic heterocycles. The molecule has 2 rings (SSSR count). The van der Waals surface area contributed by atoms with E-state index in [1.807, 2.05) is 13.0 Å². The summed E-state index contributed by atoms with van der Waals surface area (Å²) in [6, 6.07) is 6.28. The highest BCUT2D eigenvalue weighted by Crippen LogP contribution is 2.27. The molecule has 0 spiro atoms. The number of rotatable bonds is 7. The summed E-state index contributed by atoms with van der Waals surface area (Å²) in [7, 11) is 1.70. The van der Waals surface area contributed by atoms with Crippen molar-refractivity contribution in [1.29, 1.82) is 0 Å². The highest BCUT2D eigenvalue weighted by molar-refractivity contribution is 7.98. The fourth-order valence-corrected chi connectivity index (χ4v) is 2.67. The number of hydrogen-bond acceptors (Lipinski definition) is 5. The molecule has 0 atom stereocenters. The van der Waals surface area contributed by atoms with E-state index < -0.39 is 0 Å². The second kappa shape index (κ2) is 7.31. The van der Waals surface area contributed by atoms with E-state index in [0.29, 0.717) is 0 Å². The number of benzene rings is 1. The Morgan fingerprint density at radius 3 is 2.90 bits per heavy atom. The predicted octanol–water partition coefficient (Wildman–Crippen LogP) is 2.52. The van der Waals surface area contributed by atoms with Crippen LogP contribution < -0.4 is 10.1 Å². The van der Waals surface area contributed by atoms with Crippen molar-refractivity contribution in [2.75, 3.05) is 13.7 Å². The Labute approximate surface area is 123 Å². The largest absolute Gasteiger partial charge is 0.496 e. The highest BCUT2D eigenvalue weighted by Gasteiger charge is 2.07. The lowest BCUT2D eigenvalue weighted by Crippen LogP contribution is -2.11. The topological polar surface area (TPSA) is 62.8 Å². The molecule has 2 N–H and O–H groups in total. The van der Waals surface area contributed by atoms with Crippen LogP contribution in [0.2, 0.25) is 0 Å². The van der Waals surface area contributed by atoms with Crippen LogP contribution in [0.5, 0.6) is 5.75 Å². The van der Waals surface area contributed by atoms with Gasteiger partial charge in [-0.1, -0.05) is 24.8 Å². The van der Waals surface area contributed by atoms with Crippen molar-refractivity contribution in [3.05, 3.63) is 35.2 Å². The maximum Gasteiger partial charge on any atom is 0.208 e. The smallest absolute Gasteiger partial charge is 0.208 e. The number of methoxy groups -OCH3 is 1. The number of aryl methyl sites for hydroxylation is 1. The van der Waals surface area contributed by atoms with Gasteiger partial charge in [-0.2, -0.15) is 0 Å². The quantitative estimate of drug-likeness (QED) is 0.768. The summed E-state index contributed by atoms with van der Waals surface area (Å²) in [5.41, 5.74) is 2.42. The number of H-pyrrole nitrogens is 1. The van der Waals surface area contributed by atoms with E-state index in [9.17, 15) is 0 Å². The van der Waals surface area contributed by atoms with Gasteiger partial charge in [-0.05, 0) is 31.2 Å².